The molecule has 0 spiro atoms. The Hall–Kier alpha value is -1.64. The molecule has 0 aromatic heterocycles. The summed E-state index contributed by atoms with van der Waals surface area (Å²) in [4.78, 5) is 2.66. The van der Waals surface area contributed by atoms with E-state index in [1.54, 1.807) is 0 Å². The lowest BCUT2D eigenvalue weighted by atomic mass is 9.96. The first-order valence-corrected chi connectivity index (χ1v) is 8.98. The van der Waals surface area contributed by atoms with E-state index in [0.29, 0.717) is 6.04 Å². The molecule has 1 aliphatic rings. The van der Waals surface area contributed by atoms with Crippen LogP contribution in [-0.2, 0) is 0 Å². The molecule has 1 unspecified atom stereocenters. The standard InChI is InChI=1S/C21H28N2/c1-2-3-9-21(23-16-14-22-15-17-23)20-12-10-19(11-13-20)18-7-5-4-6-8-18/h4-8,10-13,21-22H,2-3,9,14-17H2,1H3. The molecule has 2 aromatic carbocycles. The summed E-state index contributed by atoms with van der Waals surface area (Å²) in [5.74, 6) is 0. The zero-order chi connectivity index (χ0) is 15.9. The van der Waals surface area contributed by atoms with E-state index in [1.165, 1.54) is 36.0 Å². The van der Waals surface area contributed by atoms with Gasteiger partial charge in [-0.1, -0.05) is 74.4 Å². The minimum Gasteiger partial charge on any atom is -0.314 e. The number of piperazine rings is 1. The van der Waals surface area contributed by atoms with Crippen molar-refractivity contribution in [3.63, 3.8) is 0 Å². The first-order chi connectivity index (χ1) is 11.4. The predicted molar refractivity (Wildman–Crippen MR) is 98.6 cm³/mol. The molecule has 1 atom stereocenters. The van der Waals surface area contributed by atoms with Crippen LogP contribution in [0.4, 0.5) is 0 Å². The summed E-state index contributed by atoms with van der Waals surface area (Å²) in [5.41, 5.74) is 4.08. The van der Waals surface area contributed by atoms with Crippen LogP contribution in [0, 0.1) is 0 Å². The smallest absolute Gasteiger partial charge is 0.0349 e. The van der Waals surface area contributed by atoms with Gasteiger partial charge < -0.3 is 5.32 Å². The minimum absolute atomic E-state index is 0.571. The Labute approximate surface area is 140 Å². The van der Waals surface area contributed by atoms with Gasteiger partial charge in [0.2, 0.25) is 0 Å². The first-order valence-electron chi connectivity index (χ1n) is 8.98. The number of nitrogens with one attached hydrogen (secondary N) is 1. The largest absolute Gasteiger partial charge is 0.314 e. The highest BCUT2D eigenvalue weighted by Crippen LogP contribution is 2.29. The maximum absolute atomic E-state index is 3.47. The summed E-state index contributed by atoms with van der Waals surface area (Å²) in [6, 6.07) is 20.5. The van der Waals surface area contributed by atoms with Crippen molar-refractivity contribution in [2.24, 2.45) is 0 Å². The van der Waals surface area contributed by atoms with Crippen LogP contribution in [0.2, 0.25) is 0 Å². The van der Waals surface area contributed by atoms with Gasteiger partial charge in [-0.05, 0) is 23.1 Å². The van der Waals surface area contributed by atoms with Crippen LogP contribution in [-0.4, -0.2) is 31.1 Å². The number of hydrogen-bond acceptors (Lipinski definition) is 2. The third-order valence-electron chi connectivity index (χ3n) is 4.83. The van der Waals surface area contributed by atoms with Crippen molar-refractivity contribution in [1.29, 1.82) is 0 Å². The highest BCUT2D eigenvalue weighted by Gasteiger charge is 2.21. The number of rotatable bonds is 6. The van der Waals surface area contributed by atoms with Crippen molar-refractivity contribution in [3.8, 4) is 11.1 Å². The maximum Gasteiger partial charge on any atom is 0.0349 e. The second-order valence-corrected chi connectivity index (χ2v) is 6.43. The Morgan fingerprint density at radius 1 is 0.913 bits per heavy atom. The topological polar surface area (TPSA) is 15.3 Å². The molecule has 0 saturated carbocycles. The Kier molecular flexibility index (Phi) is 5.84. The Balaban J connectivity index is 1.78. The SMILES string of the molecule is CCCCC(c1ccc(-c2ccccc2)cc1)N1CCNCC1. The monoisotopic (exact) mass is 308 g/mol. The molecule has 1 heterocycles. The summed E-state index contributed by atoms with van der Waals surface area (Å²) in [7, 11) is 0. The summed E-state index contributed by atoms with van der Waals surface area (Å²) in [5, 5.41) is 3.47. The van der Waals surface area contributed by atoms with E-state index in [4.69, 9.17) is 0 Å². The average molecular weight is 308 g/mol. The van der Waals surface area contributed by atoms with Gasteiger partial charge in [-0.2, -0.15) is 0 Å². The van der Waals surface area contributed by atoms with Crippen LogP contribution in [0.25, 0.3) is 11.1 Å². The fourth-order valence-electron chi connectivity index (χ4n) is 3.48. The molecule has 1 saturated heterocycles. The highest BCUT2D eigenvalue weighted by atomic mass is 15.2. The molecule has 0 aliphatic carbocycles. The highest BCUT2D eigenvalue weighted by molar-refractivity contribution is 5.63. The summed E-state index contributed by atoms with van der Waals surface area (Å²) >= 11 is 0. The zero-order valence-electron chi connectivity index (χ0n) is 14.2. The molecule has 23 heavy (non-hydrogen) atoms. The Bertz CT molecular complexity index is 571. The van der Waals surface area contributed by atoms with E-state index in [-0.39, 0.29) is 0 Å². The average Bonchev–Trinajstić information content (AvgIpc) is 2.64. The molecule has 0 amide bonds. The summed E-state index contributed by atoms with van der Waals surface area (Å²) < 4.78 is 0. The quantitative estimate of drug-likeness (QED) is 0.846. The summed E-state index contributed by atoms with van der Waals surface area (Å²) in [6.45, 7) is 6.84. The molecule has 2 nitrogen and oxygen atoms in total. The Morgan fingerprint density at radius 2 is 1.57 bits per heavy atom. The van der Waals surface area contributed by atoms with Gasteiger partial charge >= 0.3 is 0 Å². The van der Waals surface area contributed by atoms with Gasteiger partial charge in [-0.15, -0.1) is 0 Å². The van der Waals surface area contributed by atoms with Crippen molar-refractivity contribution in [2.75, 3.05) is 26.2 Å². The van der Waals surface area contributed by atoms with E-state index in [9.17, 15) is 0 Å². The fourth-order valence-corrected chi connectivity index (χ4v) is 3.48. The van der Waals surface area contributed by atoms with Crippen molar-refractivity contribution >= 4 is 0 Å². The molecule has 3 rings (SSSR count). The lowest BCUT2D eigenvalue weighted by molar-refractivity contribution is 0.163. The van der Waals surface area contributed by atoms with E-state index in [0.717, 1.165) is 26.2 Å². The molecular formula is C21H28N2. The van der Waals surface area contributed by atoms with Gasteiger partial charge in [0.05, 0.1) is 0 Å². The van der Waals surface area contributed by atoms with Gasteiger partial charge in [0.15, 0.2) is 0 Å². The first kappa shape index (κ1) is 16.2. The molecule has 0 bridgehead atoms. The second kappa shape index (κ2) is 8.28. The van der Waals surface area contributed by atoms with Crippen LogP contribution in [0.15, 0.2) is 54.6 Å². The van der Waals surface area contributed by atoms with Gasteiger partial charge in [0, 0.05) is 32.2 Å². The van der Waals surface area contributed by atoms with Gasteiger partial charge in [-0.3, -0.25) is 4.90 Å². The van der Waals surface area contributed by atoms with Crippen molar-refractivity contribution in [1.82, 2.24) is 10.2 Å². The fraction of sp³-hybridized carbons (Fsp3) is 0.429. The number of hydrogen-bond donors (Lipinski definition) is 1. The van der Waals surface area contributed by atoms with E-state index in [1.807, 2.05) is 0 Å². The van der Waals surface area contributed by atoms with Crippen molar-refractivity contribution < 1.29 is 0 Å². The second-order valence-electron chi connectivity index (χ2n) is 6.43. The van der Waals surface area contributed by atoms with Crippen molar-refractivity contribution in [2.45, 2.75) is 32.2 Å². The predicted octanol–water partition coefficient (Wildman–Crippen LogP) is 4.49. The van der Waals surface area contributed by atoms with E-state index >= 15 is 0 Å². The third-order valence-corrected chi connectivity index (χ3v) is 4.83. The van der Waals surface area contributed by atoms with Gasteiger partial charge in [0.1, 0.15) is 0 Å². The molecule has 1 fully saturated rings. The van der Waals surface area contributed by atoms with E-state index < -0.39 is 0 Å². The van der Waals surface area contributed by atoms with Crippen LogP contribution in [0.1, 0.15) is 37.8 Å². The molecular weight excluding hydrogens is 280 g/mol. The molecule has 1 aliphatic heterocycles. The van der Waals surface area contributed by atoms with Crippen molar-refractivity contribution in [3.05, 3.63) is 60.2 Å². The molecule has 2 aromatic rings. The Morgan fingerprint density at radius 3 is 2.22 bits per heavy atom. The summed E-state index contributed by atoms with van der Waals surface area (Å²) in [6.07, 6.45) is 3.83. The maximum atomic E-state index is 3.47. The van der Waals surface area contributed by atoms with Crippen LogP contribution in [0.3, 0.4) is 0 Å². The molecule has 1 N–H and O–H groups in total. The van der Waals surface area contributed by atoms with E-state index in [2.05, 4.69) is 71.7 Å². The number of unbranched alkanes of at least 4 members (excludes halogenated alkanes) is 1. The number of benzene rings is 2. The lowest BCUT2D eigenvalue weighted by Crippen LogP contribution is -2.45. The van der Waals surface area contributed by atoms with Crippen LogP contribution < -0.4 is 5.32 Å². The van der Waals surface area contributed by atoms with Gasteiger partial charge in [0.25, 0.3) is 0 Å². The molecule has 122 valence electrons. The van der Waals surface area contributed by atoms with Gasteiger partial charge in [-0.25, -0.2) is 0 Å². The zero-order valence-corrected chi connectivity index (χ0v) is 14.2. The molecule has 0 radical (unpaired) electrons. The molecule has 2 heteroatoms. The van der Waals surface area contributed by atoms with Crippen LogP contribution in [0.5, 0.6) is 0 Å². The normalized spacial score (nSPS) is 17.1. The van der Waals surface area contributed by atoms with Crippen LogP contribution >= 0.6 is 0 Å². The third kappa shape index (κ3) is 4.21. The minimum atomic E-state index is 0.571. The lowest BCUT2D eigenvalue weighted by Gasteiger charge is -2.35. The number of nitrogens with zero attached hydrogens (tertiary/aromatic N) is 1.